The van der Waals surface area contributed by atoms with Crippen LogP contribution in [0.15, 0.2) is 27.3 Å². The highest BCUT2D eigenvalue weighted by Gasteiger charge is 2.46. The predicted octanol–water partition coefficient (Wildman–Crippen LogP) is 4.90. The molecule has 0 radical (unpaired) electrons. The van der Waals surface area contributed by atoms with Crippen LogP contribution in [0, 0.1) is 12.8 Å². The minimum atomic E-state index is -4.68. The molecule has 3 aliphatic rings. The number of fused-ring (bicyclic) bond motifs is 1. The van der Waals surface area contributed by atoms with Crippen molar-refractivity contribution < 1.29 is 26.3 Å². The fourth-order valence-corrected chi connectivity index (χ4v) is 7.15. The number of anilines is 2. The van der Waals surface area contributed by atoms with E-state index in [1.807, 2.05) is 13.0 Å². The van der Waals surface area contributed by atoms with Crippen molar-refractivity contribution in [1.29, 1.82) is 0 Å². The van der Waals surface area contributed by atoms with E-state index >= 15 is 0 Å². The molecule has 3 atom stereocenters. The van der Waals surface area contributed by atoms with Crippen LogP contribution in [0.3, 0.4) is 0 Å². The molecule has 5 rings (SSSR count). The molecular weight excluding hydrogens is 583 g/mol. The van der Waals surface area contributed by atoms with Crippen molar-refractivity contribution in [3.8, 4) is 5.75 Å². The van der Waals surface area contributed by atoms with Crippen LogP contribution in [-0.4, -0.2) is 79.1 Å². The third kappa shape index (κ3) is 6.40. The van der Waals surface area contributed by atoms with Gasteiger partial charge in [0.2, 0.25) is 15.8 Å². The molecule has 10 nitrogen and oxygen atoms in total. The number of piperidine rings is 1. The molecule has 0 bridgehead atoms. The predicted molar refractivity (Wildman–Crippen MR) is 161 cm³/mol. The number of nitrogens with one attached hydrogen (secondary N) is 2. The molecule has 1 aromatic carbocycles. The van der Waals surface area contributed by atoms with Gasteiger partial charge in [0.05, 0.1) is 22.7 Å². The lowest BCUT2D eigenvalue weighted by molar-refractivity contribution is -0.157. The first-order chi connectivity index (χ1) is 20.1. The highest BCUT2D eigenvalue weighted by molar-refractivity contribution is 7.92. The van der Waals surface area contributed by atoms with Gasteiger partial charge >= 0.3 is 6.18 Å². The summed E-state index contributed by atoms with van der Waals surface area (Å²) in [5.41, 5.74) is 4.08. The summed E-state index contributed by atoms with van der Waals surface area (Å²) in [7, 11) is -0.245. The Bertz CT molecular complexity index is 1530. The normalized spacial score (nSPS) is 23.6. The Labute approximate surface area is 250 Å². The monoisotopic (exact) mass is 623 g/mol. The summed E-state index contributed by atoms with van der Waals surface area (Å²) in [5, 5.41) is 8.73. The molecule has 3 unspecified atom stereocenters. The maximum absolute atomic E-state index is 14.1. The van der Waals surface area contributed by atoms with Gasteiger partial charge in [-0.1, -0.05) is 0 Å². The number of hydrogen-bond acceptors (Lipinski definition) is 9. The number of likely N-dealkylation sites (tertiary alicyclic amines) is 1. The van der Waals surface area contributed by atoms with E-state index in [1.165, 1.54) is 37.3 Å². The lowest BCUT2D eigenvalue weighted by atomic mass is 9.81. The summed E-state index contributed by atoms with van der Waals surface area (Å²) in [6, 6.07) is 1.97. The van der Waals surface area contributed by atoms with Crippen molar-refractivity contribution in [2.45, 2.75) is 88.0 Å². The number of ether oxygens (including phenoxy) is 1. The van der Waals surface area contributed by atoms with E-state index in [9.17, 15) is 21.6 Å². The molecule has 14 heteroatoms. The van der Waals surface area contributed by atoms with Gasteiger partial charge in [-0.15, -0.1) is 0 Å². The van der Waals surface area contributed by atoms with Gasteiger partial charge in [-0.25, -0.2) is 18.4 Å². The number of guanidine groups is 1. The van der Waals surface area contributed by atoms with Crippen molar-refractivity contribution in [1.82, 2.24) is 14.7 Å². The zero-order valence-corrected chi connectivity index (χ0v) is 26.2. The number of halogens is 3. The average Bonchev–Trinajstić information content (AvgIpc) is 3.29. The molecule has 236 valence electrons. The highest BCUT2D eigenvalue weighted by Crippen LogP contribution is 2.44. The Morgan fingerprint density at radius 2 is 1.81 bits per heavy atom. The Morgan fingerprint density at radius 1 is 1.12 bits per heavy atom. The first kappa shape index (κ1) is 31.3. The second-order valence-corrected chi connectivity index (χ2v) is 14.6. The third-order valence-corrected chi connectivity index (χ3v) is 10.5. The second-order valence-electron chi connectivity index (χ2n) is 12.1. The summed E-state index contributed by atoms with van der Waals surface area (Å²) >= 11 is 0. The van der Waals surface area contributed by atoms with E-state index in [0.717, 1.165) is 56.1 Å². The number of nitrogens with zero attached hydrogens (tertiary/aromatic N) is 5. The number of hydrogen-bond donors (Lipinski definition) is 2. The first-order valence-electron chi connectivity index (χ1n) is 14.7. The van der Waals surface area contributed by atoms with Gasteiger partial charge < -0.3 is 20.3 Å². The van der Waals surface area contributed by atoms with Gasteiger partial charge in [0.25, 0.3) is 0 Å². The number of rotatable bonds is 6. The summed E-state index contributed by atoms with van der Waals surface area (Å²) in [6.45, 7) is 9.09. The zero-order valence-electron chi connectivity index (χ0n) is 25.4. The summed E-state index contributed by atoms with van der Waals surface area (Å²) < 4.78 is 75.7. The van der Waals surface area contributed by atoms with E-state index in [4.69, 9.17) is 4.74 Å². The minimum Gasteiger partial charge on any atom is -0.488 e. The Hall–Kier alpha value is -3.13. The molecule has 3 aliphatic heterocycles. The summed E-state index contributed by atoms with van der Waals surface area (Å²) in [6.07, 6.45) is -0.312. The lowest BCUT2D eigenvalue weighted by Crippen LogP contribution is -2.42. The number of aromatic nitrogens is 2. The number of aliphatic imine (C=N–C) groups is 2. The van der Waals surface area contributed by atoms with Gasteiger partial charge in [0.15, 0.2) is 5.03 Å². The van der Waals surface area contributed by atoms with Crippen molar-refractivity contribution in [3.63, 3.8) is 0 Å². The molecule has 1 fully saturated rings. The number of benzene rings is 1. The smallest absolute Gasteiger partial charge is 0.400 e. The molecule has 4 heterocycles. The molecule has 2 N–H and O–H groups in total. The lowest BCUT2D eigenvalue weighted by Gasteiger charge is -2.35. The van der Waals surface area contributed by atoms with Crippen LogP contribution in [0.1, 0.15) is 62.6 Å². The Kier molecular flexibility index (Phi) is 8.55. The van der Waals surface area contributed by atoms with Gasteiger partial charge in [0, 0.05) is 25.0 Å². The highest BCUT2D eigenvalue weighted by atomic mass is 32.2. The van der Waals surface area contributed by atoms with Crippen LogP contribution in [0.5, 0.6) is 5.75 Å². The molecule has 2 aromatic rings. The van der Waals surface area contributed by atoms with E-state index < -0.39 is 33.3 Å². The van der Waals surface area contributed by atoms with Gasteiger partial charge in [-0.3, -0.25) is 4.68 Å². The standard InChI is InChI=1S/C29H40F3N7O3S/c1-16(2)43(40,41)27-23(15-39(6)37-27)34-26-21(29(30,31)32)14-33-28(36-26)35-22-13-17(3)24(19-9-11-38(5)12-10-19)20-8-7-18(4)42-25(20)22/h13-16,18-19,21,26,34H,7-12H2,1-6H3,(H,35,36). The van der Waals surface area contributed by atoms with Crippen molar-refractivity contribution in [3.05, 3.63) is 29.0 Å². The fourth-order valence-electron chi connectivity index (χ4n) is 6.04. The Morgan fingerprint density at radius 3 is 2.47 bits per heavy atom. The largest absolute Gasteiger partial charge is 0.488 e. The van der Waals surface area contributed by atoms with Gasteiger partial charge in [-0.05, 0) is 96.6 Å². The first-order valence-corrected chi connectivity index (χ1v) is 16.2. The zero-order chi connectivity index (χ0) is 31.3. The van der Waals surface area contributed by atoms with E-state index in [2.05, 4.69) is 44.6 Å². The van der Waals surface area contributed by atoms with Crippen LogP contribution in [0.25, 0.3) is 0 Å². The molecular formula is C29H40F3N7O3S. The van der Waals surface area contributed by atoms with Crippen LogP contribution in [-0.2, 0) is 23.3 Å². The molecule has 0 aliphatic carbocycles. The summed E-state index contributed by atoms with van der Waals surface area (Å²) in [4.78, 5) is 10.7. The third-order valence-electron chi connectivity index (χ3n) is 8.45. The molecule has 1 aromatic heterocycles. The average molecular weight is 624 g/mol. The Balaban J connectivity index is 1.50. The second kappa shape index (κ2) is 11.8. The molecule has 0 saturated carbocycles. The van der Waals surface area contributed by atoms with Crippen LogP contribution < -0.4 is 15.4 Å². The quantitative estimate of drug-likeness (QED) is 0.471. The number of sulfone groups is 1. The van der Waals surface area contributed by atoms with Crippen LogP contribution in [0.2, 0.25) is 0 Å². The van der Waals surface area contributed by atoms with Crippen molar-refractivity contribution in [2.75, 3.05) is 30.8 Å². The van der Waals surface area contributed by atoms with Crippen molar-refractivity contribution >= 4 is 33.4 Å². The molecule has 43 heavy (non-hydrogen) atoms. The van der Waals surface area contributed by atoms with Gasteiger partial charge in [-0.2, -0.15) is 18.3 Å². The number of alkyl halides is 3. The van der Waals surface area contributed by atoms with Crippen molar-refractivity contribution in [2.24, 2.45) is 23.0 Å². The minimum absolute atomic E-state index is 0.0196. The van der Waals surface area contributed by atoms with Crippen LogP contribution in [0.4, 0.5) is 24.5 Å². The van der Waals surface area contributed by atoms with Crippen LogP contribution >= 0.6 is 0 Å². The molecule has 1 saturated heterocycles. The molecule has 0 spiro atoms. The van der Waals surface area contributed by atoms with E-state index in [1.54, 1.807) is 0 Å². The fraction of sp³-hybridized carbons (Fsp3) is 0.621. The maximum Gasteiger partial charge on any atom is 0.400 e. The van der Waals surface area contributed by atoms with E-state index in [-0.39, 0.29) is 22.8 Å². The SMILES string of the molecule is Cc1cc(NC2=NC(Nc3cn(C)nc3S(=O)(=O)C(C)C)C(C(F)(F)F)C=N2)c2c(c1C1CCN(C)CC1)CCC(C)O2. The van der Waals surface area contributed by atoms with Gasteiger partial charge in [0.1, 0.15) is 17.8 Å². The molecule has 0 amide bonds. The summed E-state index contributed by atoms with van der Waals surface area (Å²) in [5.74, 6) is -1.02. The van der Waals surface area contributed by atoms with E-state index in [0.29, 0.717) is 17.4 Å². The maximum atomic E-state index is 14.1. The topological polar surface area (TPSA) is 113 Å². The number of aryl methyl sites for hydroxylation is 2.